The van der Waals surface area contributed by atoms with E-state index >= 15 is 0 Å². The molecule has 3 aromatic carbocycles. The lowest BCUT2D eigenvalue weighted by Crippen LogP contribution is -2.32. The summed E-state index contributed by atoms with van der Waals surface area (Å²) in [6.07, 6.45) is 2.41. The van der Waals surface area contributed by atoms with Gasteiger partial charge >= 0.3 is 5.97 Å². The third kappa shape index (κ3) is 5.58. The molecule has 0 saturated heterocycles. The van der Waals surface area contributed by atoms with Crippen LogP contribution in [0.2, 0.25) is 0 Å². The first-order valence-electron chi connectivity index (χ1n) is 12.3. The Morgan fingerprint density at radius 1 is 1.00 bits per heavy atom. The highest BCUT2D eigenvalue weighted by Crippen LogP contribution is 2.33. The quantitative estimate of drug-likeness (QED) is 0.311. The van der Waals surface area contributed by atoms with Crippen molar-refractivity contribution in [3.63, 3.8) is 0 Å². The fourth-order valence-electron chi connectivity index (χ4n) is 4.56. The number of benzene rings is 3. The number of ether oxygens (including phenoxy) is 1. The van der Waals surface area contributed by atoms with E-state index in [-0.39, 0.29) is 24.2 Å². The smallest absolute Gasteiger partial charge is 0.303 e. The number of carboxylic acid groups (broad SMARTS) is 1. The Morgan fingerprint density at radius 2 is 1.84 bits per heavy atom. The molecule has 0 spiro atoms. The summed E-state index contributed by atoms with van der Waals surface area (Å²) in [6, 6.07) is 18.9. The van der Waals surface area contributed by atoms with Crippen LogP contribution in [-0.4, -0.2) is 33.6 Å². The van der Waals surface area contributed by atoms with Gasteiger partial charge in [-0.2, -0.15) is 0 Å². The highest BCUT2D eigenvalue weighted by molar-refractivity contribution is 5.97. The number of hydrogen-bond acceptors (Lipinski definition) is 5. The van der Waals surface area contributed by atoms with Crippen molar-refractivity contribution in [2.24, 2.45) is 0 Å². The Bertz CT molecular complexity index is 1460. The van der Waals surface area contributed by atoms with Crippen LogP contribution in [0.1, 0.15) is 53.3 Å². The molecule has 188 valence electrons. The highest BCUT2D eigenvalue weighted by Gasteiger charge is 2.24. The van der Waals surface area contributed by atoms with Gasteiger partial charge in [-0.3, -0.25) is 9.59 Å². The summed E-state index contributed by atoms with van der Waals surface area (Å²) in [5, 5.41) is 12.0. The number of carboxylic acids is 1. The lowest BCUT2D eigenvalue weighted by atomic mass is 9.99. The second-order valence-corrected chi connectivity index (χ2v) is 9.03. The van der Waals surface area contributed by atoms with E-state index in [1.165, 1.54) is 12.1 Å². The number of amides is 1. The van der Waals surface area contributed by atoms with Gasteiger partial charge in [0.25, 0.3) is 5.91 Å². The van der Waals surface area contributed by atoms with E-state index in [0.717, 1.165) is 17.0 Å². The van der Waals surface area contributed by atoms with Crippen molar-refractivity contribution in [2.45, 2.75) is 38.1 Å². The molecule has 0 aliphatic carbocycles. The number of nitrogens with one attached hydrogen (secondary N) is 1. The van der Waals surface area contributed by atoms with Gasteiger partial charge in [-0.15, -0.1) is 0 Å². The van der Waals surface area contributed by atoms with Crippen LogP contribution in [0, 0.1) is 5.82 Å². The van der Waals surface area contributed by atoms with E-state index in [1.807, 2.05) is 30.3 Å². The van der Waals surface area contributed by atoms with E-state index in [0.29, 0.717) is 60.2 Å². The molecule has 1 aliphatic heterocycles. The van der Waals surface area contributed by atoms with Crippen LogP contribution in [0.5, 0.6) is 5.75 Å². The summed E-state index contributed by atoms with van der Waals surface area (Å²) < 4.78 is 19.4. The minimum Gasteiger partial charge on any atom is -0.493 e. The van der Waals surface area contributed by atoms with Gasteiger partial charge in [0.1, 0.15) is 11.6 Å². The number of carbonyl (C=O) groups excluding carboxylic acids is 1. The van der Waals surface area contributed by atoms with Gasteiger partial charge in [0.05, 0.1) is 35.1 Å². The van der Waals surface area contributed by atoms with Crippen LogP contribution in [0.3, 0.4) is 0 Å². The van der Waals surface area contributed by atoms with E-state index < -0.39 is 5.97 Å². The summed E-state index contributed by atoms with van der Waals surface area (Å²) in [4.78, 5) is 33.8. The lowest BCUT2D eigenvalue weighted by molar-refractivity contribution is -0.137. The van der Waals surface area contributed by atoms with E-state index in [2.05, 4.69) is 5.32 Å². The first-order valence-corrected chi connectivity index (χ1v) is 12.3. The van der Waals surface area contributed by atoms with Crippen molar-refractivity contribution in [1.29, 1.82) is 0 Å². The summed E-state index contributed by atoms with van der Waals surface area (Å²) >= 11 is 0. The van der Waals surface area contributed by atoms with Crippen LogP contribution in [0.25, 0.3) is 22.3 Å². The van der Waals surface area contributed by atoms with Gasteiger partial charge in [-0.05, 0) is 55.7 Å². The zero-order chi connectivity index (χ0) is 25.8. The van der Waals surface area contributed by atoms with Gasteiger partial charge in [0.15, 0.2) is 0 Å². The number of fused-ring (bicyclic) bond motifs is 2. The summed E-state index contributed by atoms with van der Waals surface area (Å²) in [5.41, 5.74) is 4.73. The largest absolute Gasteiger partial charge is 0.493 e. The fraction of sp³-hybridized carbons (Fsp3) is 0.241. The SMILES string of the molecule is O=C(O)CCCCc1nc2cc(C(=O)NC3CCOc4ccc(F)cc43)ccc2nc1-c1ccccc1. The number of rotatable bonds is 8. The Morgan fingerprint density at radius 3 is 2.65 bits per heavy atom. The molecular weight excluding hydrogens is 473 g/mol. The average Bonchev–Trinajstić information content (AvgIpc) is 2.91. The molecule has 1 aromatic heterocycles. The van der Waals surface area contributed by atoms with Crippen LogP contribution < -0.4 is 10.1 Å². The fourth-order valence-corrected chi connectivity index (χ4v) is 4.56. The van der Waals surface area contributed by atoms with Gasteiger partial charge < -0.3 is 15.2 Å². The molecule has 1 unspecified atom stereocenters. The highest BCUT2D eigenvalue weighted by atomic mass is 19.1. The lowest BCUT2D eigenvalue weighted by Gasteiger charge is -2.26. The molecule has 1 aliphatic rings. The van der Waals surface area contributed by atoms with Gasteiger partial charge in [0, 0.05) is 29.5 Å². The average molecular weight is 500 g/mol. The zero-order valence-corrected chi connectivity index (χ0v) is 20.1. The molecule has 0 bridgehead atoms. The van der Waals surface area contributed by atoms with Crippen LogP contribution >= 0.6 is 0 Å². The van der Waals surface area contributed by atoms with Crippen molar-refractivity contribution < 1.29 is 23.8 Å². The molecule has 0 saturated carbocycles. The topological polar surface area (TPSA) is 101 Å². The maximum atomic E-state index is 13.8. The van der Waals surface area contributed by atoms with E-state index in [1.54, 1.807) is 24.3 Å². The minimum atomic E-state index is -0.821. The number of carbonyl (C=O) groups is 2. The number of aromatic nitrogens is 2. The second-order valence-electron chi connectivity index (χ2n) is 9.03. The standard InChI is InChI=1S/C29H26FN3O4/c30-20-11-13-26-21(17-20)22(14-15-37-26)33-29(36)19-10-12-23-25(16-19)31-24(8-4-5-9-27(34)35)28(32-23)18-6-2-1-3-7-18/h1-3,6-7,10-13,16-17,22H,4-5,8-9,14-15H2,(H,33,36)(H,34,35). The molecule has 4 aromatic rings. The van der Waals surface area contributed by atoms with Crippen molar-refractivity contribution in [3.8, 4) is 17.0 Å². The van der Waals surface area contributed by atoms with Crippen molar-refractivity contribution >= 4 is 22.9 Å². The van der Waals surface area contributed by atoms with Crippen LogP contribution in [-0.2, 0) is 11.2 Å². The van der Waals surface area contributed by atoms with E-state index in [4.69, 9.17) is 19.8 Å². The number of halogens is 1. The molecule has 1 atom stereocenters. The van der Waals surface area contributed by atoms with Crippen LogP contribution in [0.4, 0.5) is 4.39 Å². The molecular formula is C29H26FN3O4. The van der Waals surface area contributed by atoms with E-state index in [9.17, 15) is 14.0 Å². The predicted molar refractivity (Wildman–Crippen MR) is 137 cm³/mol. The summed E-state index contributed by atoms with van der Waals surface area (Å²) in [5.74, 6) is -0.919. The van der Waals surface area contributed by atoms with Gasteiger partial charge in [-0.1, -0.05) is 30.3 Å². The summed E-state index contributed by atoms with van der Waals surface area (Å²) in [7, 11) is 0. The molecule has 0 radical (unpaired) electrons. The second kappa shape index (κ2) is 10.7. The Hall–Kier alpha value is -4.33. The molecule has 2 heterocycles. The number of aryl methyl sites for hydroxylation is 1. The van der Waals surface area contributed by atoms with Crippen molar-refractivity contribution in [1.82, 2.24) is 15.3 Å². The number of nitrogens with zero attached hydrogens (tertiary/aromatic N) is 2. The minimum absolute atomic E-state index is 0.102. The maximum absolute atomic E-state index is 13.8. The number of hydrogen-bond donors (Lipinski definition) is 2. The first kappa shape index (κ1) is 24.4. The van der Waals surface area contributed by atoms with Crippen LogP contribution in [0.15, 0.2) is 66.7 Å². The molecule has 0 fully saturated rings. The third-order valence-corrected chi connectivity index (χ3v) is 6.42. The molecule has 8 heteroatoms. The Labute approximate surface area is 213 Å². The predicted octanol–water partition coefficient (Wildman–Crippen LogP) is 5.49. The molecule has 7 nitrogen and oxygen atoms in total. The first-order chi connectivity index (χ1) is 18.0. The molecule has 5 rings (SSSR count). The molecule has 37 heavy (non-hydrogen) atoms. The third-order valence-electron chi connectivity index (χ3n) is 6.42. The van der Waals surface area contributed by atoms with Crippen molar-refractivity contribution in [3.05, 3.63) is 89.4 Å². The Kier molecular flexibility index (Phi) is 7.07. The summed E-state index contributed by atoms with van der Waals surface area (Å²) in [6.45, 7) is 0.431. The van der Waals surface area contributed by atoms with Crippen molar-refractivity contribution in [2.75, 3.05) is 6.61 Å². The normalized spacial score (nSPS) is 14.6. The number of unbranched alkanes of at least 4 members (excludes halogenated alkanes) is 1. The zero-order valence-electron chi connectivity index (χ0n) is 20.1. The molecule has 2 N–H and O–H groups in total. The van der Waals surface area contributed by atoms with Gasteiger partial charge in [-0.25, -0.2) is 14.4 Å². The van der Waals surface area contributed by atoms with Gasteiger partial charge in [0.2, 0.25) is 0 Å². The molecule has 1 amide bonds. The number of aliphatic carboxylic acids is 1. The Balaban J connectivity index is 1.43. The maximum Gasteiger partial charge on any atom is 0.303 e. The monoisotopic (exact) mass is 499 g/mol.